The normalized spacial score (nSPS) is 17.2. The molecule has 0 saturated carbocycles. The van der Waals surface area contributed by atoms with Gasteiger partial charge in [0.2, 0.25) is 5.91 Å². The monoisotopic (exact) mass is 341 g/mol. The van der Waals surface area contributed by atoms with Crippen LogP contribution in [0.5, 0.6) is 5.75 Å². The van der Waals surface area contributed by atoms with Crippen LogP contribution in [0.2, 0.25) is 0 Å². The van der Waals surface area contributed by atoms with E-state index in [1.165, 1.54) is 0 Å². The molecular weight excluding hydrogens is 314 g/mol. The number of amides is 1. The molecule has 0 aliphatic carbocycles. The van der Waals surface area contributed by atoms with Crippen LogP contribution in [-0.2, 0) is 4.79 Å². The van der Waals surface area contributed by atoms with Crippen molar-refractivity contribution in [2.75, 3.05) is 38.2 Å². The second kappa shape index (κ2) is 8.99. The first-order valence-corrected chi connectivity index (χ1v) is 8.00. The van der Waals surface area contributed by atoms with Crippen molar-refractivity contribution in [2.45, 2.75) is 26.3 Å². The summed E-state index contributed by atoms with van der Waals surface area (Å²) in [6.07, 6.45) is 0.927. The molecule has 2 rings (SSSR count). The highest BCUT2D eigenvalue weighted by Gasteiger charge is 2.27. The standard InChI is InChI=1S/C17H27N3O2.ClH/c1-4-13(2)16(18)17(21)20-10-8-19(9-11-20)14-6-5-7-15(12-14)22-3;/h5-7,12-13,16H,4,8-11,18H2,1-3H3;1H. The summed E-state index contributed by atoms with van der Waals surface area (Å²) in [6.45, 7) is 7.20. The van der Waals surface area contributed by atoms with Crippen LogP contribution in [0.3, 0.4) is 0 Å². The van der Waals surface area contributed by atoms with E-state index in [9.17, 15) is 4.79 Å². The fourth-order valence-electron chi connectivity index (χ4n) is 2.70. The number of rotatable bonds is 5. The lowest BCUT2D eigenvalue weighted by Crippen LogP contribution is -2.54. The number of nitrogens with zero attached hydrogens (tertiary/aromatic N) is 2. The lowest BCUT2D eigenvalue weighted by Gasteiger charge is -2.37. The summed E-state index contributed by atoms with van der Waals surface area (Å²) < 4.78 is 5.27. The van der Waals surface area contributed by atoms with E-state index in [0.29, 0.717) is 0 Å². The fourth-order valence-corrected chi connectivity index (χ4v) is 2.70. The molecular formula is C17H28ClN3O2. The second-order valence-electron chi connectivity index (χ2n) is 5.93. The molecule has 2 atom stereocenters. The molecule has 0 aromatic heterocycles. The Hall–Kier alpha value is -1.46. The number of nitrogens with two attached hydrogens (primary N) is 1. The molecule has 23 heavy (non-hydrogen) atoms. The van der Waals surface area contributed by atoms with Crippen LogP contribution >= 0.6 is 12.4 Å². The summed E-state index contributed by atoms with van der Waals surface area (Å²) in [4.78, 5) is 16.6. The Morgan fingerprint density at radius 1 is 1.30 bits per heavy atom. The lowest BCUT2D eigenvalue weighted by atomic mass is 9.98. The van der Waals surface area contributed by atoms with Crippen molar-refractivity contribution in [2.24, 2.45) is 11.7 Å². The number of hydrogen-bond donors (Lipinski definition) is 1. The smallest absolute Gasteiger partial charge is 0.239 e. The molecule has 1 heterocycles. The molecule has 1 saturated heterocycles. The first-order valence-electron chi connectivity index (χ1n) is 8.00. The quantitative estimate of drug-likeness (QED) is 0.891. The number of hydrogen-bond acceptors (Lipinski definition) is 4. The van der Waals surface area contributed by atoms with Gasteiger partial charge in [0.25, 0.3) is 0 Å². The molecule has 130 valence electrons. The van der Waals surface area contributed by atoms with Gasteiger partial charge in [-0.2, -0.15) is 0 Å². The first-order chi connectivity index (χ1) is 10.6. The molecule has 1 aliphatic heterocycles. The maximum Gasteiger partial charge on any atom is 0.239 e. The van der Waals surface area contributed by atoms with Crippen molar-refractivity contribution >= 4 is 24.0 Å². The molecule has 1 aliphatic rings. The van der Waals surface area contributed by atoms with E-state index in [1.54, 1.807) is 7.11 Å². The molecule has 0 bridgehead atoms. The van der Waals surface area contributed by atoms with E-state index in [4.69, 9.17) is 10.5 Å². The predicted octanol–water partition coefficient (Wildman–Crippen LogP) is 2.14. The van der Waals surface area contributed by atoms with Crippen LogP contribution < -0.4 is 15.4 Å². The first kappa shape index (κ1) is 19.6. The number of methoxy groups -OCH3 is 1. The summed E-state index contributed by atoms with van der Waals surface area (Å²) in [5.41, 5.74) is 7.20. The van der Waals surface area contributed by atoms with Gasteiger partial charge in [-0.15, -0.1) is 12.4 Å². The van der Waals surface area contributed by atoms with Gasteiger partial charge in [-0.05, 0) is 18.1 Å². The Balaban J connectivity index is 0.00000264. The zero-order valence-electron chi connectivity index (χ0n) is 14.2. The van der Waals surface area contributed by atoms with Crippen molar-refractivity contribution in [3.05, 3.63) is 24.3 Å². The van der Waals surface area contributed by atoms with Crippen molar-refractivity contribution in [3.8, 4) is 5.75 Å². The summed E-state index contributed by atoms with van der Waals surface area (Å²) in [5.74, 6) is 1.17. The van der Waals surface area contributed by atoms with Crippen molar-refractivity contribution in [1.29, 1.82) is 0 Å². The summed E-state index contributed by atoms with van der Waals surface area (Å²) in [5, 5.41) is 0. The maximum atomic E-state index is 12.4. The molecule has 1 aromatic carbocycles. The number of carbonyl (C=O) groups excluding carboxylic acids is 1. The Kier molecular flexibility index (Phi) is 7.65. The van der Waals surface area contributed by atoms with E-state index >= 15 is 0 Å². The van der Waals surface area contributed by atoms with Gasteiger partial charge in [0.1, 0.15) is 5.75 Å². The highest BCUT2D eigenvalue weighted by Crippen LogP contribution is 2.22. The van der Waals surface area contributed by atoms with Crippen LogP contribution in [-0.4, -0.2) is 50.1 Å². The maximum absolute atomic E-state index is 12.4. The average Bonchev–Trinajstić information content (AvgIpc) is 2.59. The van der Waals surface area contributed by atoms with Gasteiger partial charge in [-0.1, -0.05) is 26.3 Å². The minimum Gasteiger partial charge on any atom is -0.497 e. The molecule has 1 amide bonds. The highest BCUT2D eigenvalue weighted by molar-refractivity contribution is 5.85. The Morgan fingerprint density at radius 3 is 2.52 bits per heavy atom. The summed E-state index contributed by atoms with van der Waals surface area (Å²) in [7, 11) is 1.67. The average molecular weight is 342 g/mol. The molecule has 2 unspecified atom stereocenters. The molecule has 6 heteroatoms. The topological polar surface area (TPSA) is 58.8 Å². The third-order valence-corrected chi connectivity index (χ3v) is 4.55. The van der Waals surface area contributed by atoms with Gasteiger partial charge >= 0.3 is 0 Å². The number of benzene rings is 1. The molecule has 2 N–H and O–H groups in total. The van der Waals surface area contributed by atoms with Crippen LogP contribution in [0.1, 0.15) is 20.3 Å². The van der Waals surface area contributed by atoms with Crippen molar-refractivity contribution in [1.82, 2.24) is 4.90 Å². The van der Waals surface area contributed by atoms with Gasteiger partial charge in [0, 0.05) is 37.9 Å². The van der Waals surface area contributed by atoms with Crippen LogP contribution in [0, 0.1) is 5.92 Å². The minimum atomic E-state index is -0.381. The van der Waals surface area contributed by atoms with Gasteiger partial charge in [0.05, 0.1) is 13.2 Å². The number of ether oxygens (including phenoxy) is 1. The SMILES string of the molecule is CCC(C)C(N)C(=O)N1CCN(c2cccc(OC)c2)CC1.Cl. The highest BCUT2D eigenvalue weighted by atomic mass is 35.5. The molecule has 1 fully saturated rings. The fraction of sp³-hybridized carbons (Fsp3) is 0.588. The Morgan fingerprint density at radius 2 is 1.96 bits per heavy atom. The van der Waals surface area contributed by atoms with Gasteiger partial charge in [-0.25, -0.2) is 0 Å². The number of carbonyl (C=O) groups is 1. The summed E-state index contributed by atoms with van der Waals surface area (Å²) in [6, 6.07) is 7.65. The number of piperazine rings is 1. The molecule has 0 spiro atoms. The van der Waals surface area contributed by atoms with Gasteiger partial charge in [-0.3, -0.25) is 4.79 Å². The van der Waals surface area contributed by atoms with Crippen LogP contribution in [0.4, 0.5) is 5.69 Å². The predicted molar refractivity (Wildman–Crippen MR) is 96.5 cm³/mol. The van der Waals surface area contributed by atoms with Gasteiger partial charge < -0.3 is 20.3 Å². The molecule has 5 nitrogen and oxygen atoms in total. The zero-order chi connectivity index (χ0) is 16.1. The van der Waals surface area contributed by atoms with Crippen molar-refractivity contribution < 1.29 is 9.53 Å². The Bertz CT molecular complexity index is 504. The zero-order valence-corrected chi connectivity index (χ0v) is 15.0. The summed E-state index contributed by atoms with van der Waals surface area (Å²) >= 11 is 0. The largest absolute Gasteiger partial charge is 0.497 e. The third kappa shape index (κ3) is 4.75. The van der Waals surface area contributed by atoms with E-state index in [1.807, 2.05) is 30.0 Å². The van der Waals surface area contributed by atoms with E-state index < -0.39 is 0 Å². The van der Waals surface area contributed by atoms with E-state index in [-0.39, 0.29) is 30.3 Å². The third-order valence-electron chi connectivity index (χ3n) is 4.55. The number of halogens is 1. The second-order valence-corrected chi connectivity index (χ2v) is 5.93. The molecule has 0 radical (unpaired) electrons. The van der Waals surface area contributed by atoms with Crippen LogP contribution in [0.15, 0.2) is 24.3 Å². The van der Waals surface area contributed by atoms with E-state index in [0.717, 1.165) is 44.0 Å². The lowest BCUT2D eigenvalue weighted by molar-refractivity contribution is -0.134. The van der Waals surface area contributed by atoms with E-state index in [2.05, 4.69) is 17.9 Å². The van der Waals surface area contributed by atoms with Gasteiger partial charge in [0.15, 0.2) is 0 Å². The van der Waals surface area contributed by atoms with Crippen LogP contribution in [0.25, 0.3) is 0 Å². The number of anilines is 1. The molecule has 1 aromatic rings. The van der Waals surface area contributed by atoms with Crippen molar-refractivity contribution in [3.63, 3.8) is 0 Å². The minimum absolute atomic E-state index is 0. The Labute approximate surface area is 145 Å².